The van der Waals surface area contributed by atoms with Gasteiger partial charge in [-0.15, -0.1) is 0 Å². The molecule has 23 heavy (non-hydrogen) atoms. The van der Waals surface area contributed by atoms with Crippen molar-refractivity contribution >= 4 is 12.1 Å². The average Bonchev–Trinajstić information content (AvgIpc) is 3.05. The van der Waals surface area contributed by atoms with E-state index >= 15 is 0 Å². The SMILES string of the molecule is O=C(Cc1ccccc1)N/N=C\c1ccc(-c2ccccc2)o1. The Morgan fingerprint density at radius 3 is 2.39 bits per heavy atom. The lowest BCUT2D eigenvalue weighted by Gasteiger charge is -1.99. The van der Waals surface area contributed by atoms with Crippen LogP contribution in [-0.2, 0) is 11.2 Å². The third kappa shape index (κ3) is 4.17. The Bertz CT molecular complexity index is 793. The summed E-state index contributed by atoms with van der Waals surface area (Å²) in [6, 6.07) is 23.0. The molecule has 0 bridgehead atoms. The number of amides is 1. The Hall–Kier alpha value is -3.14. The van der Waals surface area contributed by atoms with Crippen molar-refractivity contribution < 1.29 is 9.21 Å². The van der Waals surface area contributed by atoms with Crippen LogP contribution in [0.5, 0.6) is 0 Å². The smallest absolute Gasteiger partial charge is 0.244 e. The Kier molecular flexibility index (Phi) is 4.64. The first-order valence-electron chi connectivity index (χ1n) is 7.32. The number of hydrazone groups is 1. The Morgan fingerprint density at radius 1 is 0.957 bits per heavy atom. The van der Waals surface area contributed by atoms with Gasteiger partial charge in [0.05, 0.1) is 12.6 Å². The molecule has 0 spiro atoms. The summed E-state index contributed by atoms with van der Waals surface area (Å²) in [6.07, 6.45) is 1.79. The first kappa shape index (κ1) is 14.8. The normalized spacial score (nSPS) is 10.8. The molecule has 0 radical (unpaired) electrons. The number of carbonyl (C=O) groups is 1. The molecule has 1 aromatic heterocycles. The van der Waals surface area contributed by atoms with Gasteiger partial charge in [0.2, 0.25) is 5.91 Å². The van der Waals surface area contributed by atoms with E-state index in [1.165, 1.54) is 6.21 Å². The summed E-state index contributed by atoms with van der Waals surface area (Å²) >= 11 is 0. The van der Waals surface area contributed by atoms with Gasteiger partial charge in [-0.05, 0) is 17.7 Å². The van der Waals surface area contributed by atoms with E-state index in [2.05, 4.69) is 10.5 Å². The van der Waals surface area contributed by atoms with Crippen molar-refractivity contribution in [3.63, 3.8) is 0 Å². The van der Waals surface area contributed by atoms with Gasteiger partial charge < -0.3 is 4.42 Å². The van der Waals surface area contributed by atoms with Gasteiger partial charge in [-0.2, -0.15) is 5.10 Å². The maximum Gasteiger partial charge on any atom is 0.244 e. The quantitative estimate of drug-likeness (QED) is 0.578. The highest BCUT2D eigenvalue weighted by Crippen LogP contribution is 2.20. The van der Waals surface area contributed by atoms with E-state index in [9.17, 15) is 4.79 Å². The van der Waals surface area contributed by atoms with E-state index in [0.717, 1.165) is 16.9 Å². The molecule has 114 valence electrons. The number of nitrogens with zero attached hydrogens (tertiary/aromatic N) is 1. The standard InChI is InChI=1S/C19H16N2O2/c22-19(13-15-7-3-1-4-8-15)21-20-14-17-11-12-18(23-17)16-9-5-2-6-10-16/h1-12,14H,13H2,(H,21,22)/b20-14-. The van der Waals surface area contributed by atoms with E-state index in [0.29, 0.717) is 12.2 Å². The van der Waals surface area contributed by atoms with Crippen molar-refractivity contribution in [1.29, 1.82) is 0 Å². The lowest BCUT2D eigenvalue weighted by atomic mass is 10.1. The fourth-order valence-corrected chi connectivity index (χ4v) is 2.17. The maximum absolute atomic E-state index is 11.8. The Labute approximate surface area is 134 Å². The molecule has 4 heteroatoms. The summed E-state index contributed by atoms with van der Waals surface area (Å²) in [5.41, 5.74) is 4.45. The number of hydrogen-bond acceptors (Lipinski definition) is 3. The van der Waals surface area contributed by atoms with Gasteiger partial charge in [-0.25, -0.2) is 5.43 Å². The first-order valence-corrected chi connectivity index (χ1v) is 7.32. The number of furan rings is 1. The van der Waals surface area contributed by atoms with Crippen molar-refractivity contribution in [2.75, 3.05) is 0 Å². The van der Waals surface area contributed by atoms with Gasteiger partial charge >= 0.3 is 0 Å². The van der Waals surface area contributed by atoms with Crippen LogP contribution >= 0.6 is 0 Å². The van der Waals surface area contributed by atoms with Crippen LogP contribution in [-0.4, -0.2) is 12.1 Å². The van der Waals surface area contributed by atoms with Crippen LogP contribution in [0.2, 0.25) is 0 Å². The molecule has 0 unspecified atom stereocenters. The monoisotopic (exact) mass is 304 g/mol. The number of benzene rings is 2. The first-order chi connectivity index (χ1) is 11.3. The number of hydrogen-bond donors (Lipinski definition) is 1. The third-order valence-electron chi connectivity index (χ3n) is 3.27. The lowest BCUT2D eigenvalue weighted by molar-refractivity contribution is -0.120. The predicted octanol–water partition coefficient (Wildman–Crippen LogP) is 3.64. The largest absolute Gasteiger partial charge is 0.455 e. The summed E-state index contributed by atoms with van der Waals surface area (Å²) in [7, 11) is 0. The van der Waals surface area contributed by atoms with Crippen molar-refractivity contribution in [3.8, 4) is 11.3 Å². The zero-order valence-electron chi connectivity index (χ0n) is 12.5. The van der Waals surface area contributed by atoms with E-state index in [4.69, 9.17) is 4.42 Å². The minimum atomic E-state index is -0.165. The molecule has 0 saturated heterocycles. The summed E-state index contributed by atoms with van der Waals surface area (Å²) in [6.45, 7) is 0. The minimum Gasteiger partial charge on any atom is -0.455 e. The summed E-state index contributed by atoms with van der Waals surface area (Å²) < 4.78 is 5.67. The van der Waals surface area contributed by atoms with Gasteiger partial charge in [0.1, 0.15) is 11.5 Å². The topological polar surface area (TPSA) is 54.6 Å². The fraction of sp³-hybridized carbons (Fsp3) is 0.0526. The van der Waals surface area contributed by atoms with Crippen LogP contribution in [0, 0.1) is 0 Å². The molecule has 1 N–H and O–H groups in total. The maximum atomic E-state index is 11.8. The average molecular weight is 304 g/mol. The van der Waals surface area contributed by atoms with Gasteiger partial charge in [-0.3, -0.25) is 4.79 Å². The van der Waals surface area contributed by atoms with Crippen LogP contribution in [0.15, 0.2) is 82.3 Å². The third-order valence-corrected chi connectivity index (χ3v) is 3.27. The molecular weight excluding hydrogens is 288 g/mol. The Morgan fingerprint density at radius 2 is 1.65 bits per heavy atom. The molecule has 0 aliphatic carbocycles. The fourth-order valence-electron chi connectivity index (χ4n) is 2.17. The highest BCUT2D eigenvalue weighted by Gasteiger charge is 2.03. The molecule has 1 amide bonds. The molecule has 0 fully saturated rings. The molecule has 4 nitrogen and oxygen atoms in total. The molecule has 3 aromatic rings. The molecule has 0 aliphatic heterocycles. The molecule has 1 heterocycles. The van der Waals surface area contributed by atoms with Gasteiger partial charge in [0.15, 0.2) is 0 Å². The second-order valence-electron chi connectivity index (χ2n) is 5.02. The zero-order valence-corrected chi connectivity index (χ0v) is 12.5. The molecule has 0 aliphatic rings. The second-order valence-corrected chi connectivity index (χ2v) is 5.02. The van der Waals surface area contributed by atoms with Crippen molar-refractivity contribution in [3.05, 3.63) is 84.1 Å². The summed E-state index contributed by atoms with van der Waals surface area (Å²) in [5, 5.41) is 3.93. The second kappa shape index (κ2) is 7.22. The number of carbonyl (C=O) groups excluding carboxylic acids is 1. The van der Waals surface area contributed by atoms with E-state index < -0.39 is 0 Å². The van der Waals surface area contributed by atoms with E-state index in [-0.39, 0.29) is 5.91 Å². The highest BCUT2D eigenvalue weighted by molar-refractivity contribution is 5.82. The Balaban J connectivity index is 1.56. The minimum absolute atomic E-state index is 0.165. The zero-order chi connectivity index (χ0) is 15.9. The van der Waals surface area contributed by atoms with Crippen LogP contribution in [0.3, 0.4) is 0 Å². The van der Waals surface area contributed by atoms with E-state index in [1.54, 1.807) is 0 Å². The lowest BCUT2D eigenvalue weighted by Crippen LogP contribution is -2.19. The molecule has 0 saturated carbocycles. The van der Waals surface area contributed by atoms with Gasteiger partial charge in [0, 0.05) is 5.56 Å². The summed E-state index contributed by atoms with van der Waals surface area (Å²) in [4.78, 5) is 11.8. The molecular formula is C19H16N2O2. The van der Waals surface area contributed by atoms with Crippen LogP contribution in [0.4, 0.5) is 0 Å². The highest BCUT2D eigenvalue weighted by atomic mass is 16.3. The molecule has 2 aromatic carbocycles. The number of nitrogens with one attached hydrogen (secondary N) is 1. The van der Waals surface area contributed by atoms with Crippen molar-refractivity contribution in [2.45, 2.75) is 6.42 Å². The van der Waals surface area contributed by atoms with Gasteiger partial charge in [0.25, 0.3) is 0 Å². The molecule has 0 atom stereocenters. The number of rotatable bonds is 5. The van der Waals surface area contributed by atoms with Crippen LogP contribution < -0.4 is 5.43 Å². The van der Waals surface area contributed by atoms with Crippen LogP contribution in [0.1, 0.15) is 11.3 Å². The van der Waals surface area contributed by atoms with Crippen molar-refractivity contribution in [2.24, 2.45) is 5.10 Å². The summed E-state index contributed by atoms with van der Waals surface area (Å²) in [5.74, 6) is 1.19. The van der Waals surface area contributed by atoms with Gasteiger partial charge in [-0.1, -0.05) is 60.7 Å². The van der Waals surface area contributed by atoms with Crippen LogP contribution in [0.25, 0.3) is 11.3 Å². The predicted molar refractivity (Wildman–Crippen MR) is 90.0 cm³/mol. The van der Waals surface area contributed by atoms with E-state index in [1.807, 2.05) is 72.8 Å². The van der Waals surface area contributed by atoms with Crippen molar-refractivity contribution in [1.82, 2.24) is 5.43 Å². The molecule has 3 rings (SSSR count).